The van der Waals surface area contributed by atoms with Crippen LogP contribution in [-0.4, -0.2) is 45.2 Å². The quantitative estimate of drug-likeness (QED) is 0.818. The molecule has 2 aromatic rings. The van der Waals surface area contributed by atoms with Gasteiger partial charge in [-0.3, -0.25) is 0 Å². The fourth-order valence-corrected chi connectivity index (χ4v) is 3.06. The molecule has 0 amide bonds. The number of hydrogen-bond donors (Lipinski definition) is 2. The zero-order valence-electron chi connectivity index (χ0n) is 13.5. The van der Waals surface area contributed by atoms with Crippen molar-refractivity contribution in [2.75, 3.05) is 19.8 Å². The average molecular weight is 339 g/mol. The maximum Gasteiger partial charge on any atom is 0.159 e. The summed E-state index contributed by atoms with van der Waals surface area (Å²) in [6, 6.07) is 2.25. The van der Waals surface area contributed by atoms with Crippen molar-refractivity contribution >= 4 is 22.6 Å². The van der Waals surface area contributed by atoms with Crippen LogP contribution >= 0.6 is 11.6 Å². The van der Waals surface area contributed by atoms with Gasteiger partial charge in [0.2, 0.25) is 0 Å². The Morgan fingerprint density at radius 1 is 1.43 bits per heavy atom. The molecule has 1 saturated heterocycles. The number of hydrogen-bond acceptors (Lipinski definition) is 5. The highest BCUT2D eigenvalue weighted by Crippen LogP contribution is 2.23. The van der Waals surface area contributed by atoms with Crippen LogP contribution in [0.4, 0.5) is 0 Å². The van der Waals surface area contributed by atoms with Crippen LogP contribution in [-0.2, 0) is 11.3 Å². The lowest BCUT2D eigenvalue weighted by Crippen LogP contribution is -2.44. The predicted molar refractivity (Wildman–Crippen MR) is 89.6 cm³/mol. The van der Waals surface area contributed by atoms with E-state index in [2.05, 4.69) is 29.2 Å². The van der Waals surface area contributed by atoms with Crippen LogP contribution in [0.2, 0.25) is 5.15 Å². The molecular weight excluding hydrogens is 316 g/mol. The first-order chi connectivity index (χ1) is 11.0. The molecule has 6 nitrogen and oxygen atoms in total. The van der Waals surface area contributed by atoms with Gasteiger partial charge in [0.1, 0.15) is 5.15 Å². The molecule has 0 radical (unpaired) electrons. The van der Waals surface area contributed by atoms with Crippen molar-refractivity contribution in [2.45, 2.75) is 44.9 Å². The van der Waals surface area contributed by atoms with E-state index < -0.39 is 5.60 Å². The van der Waals surface area contributed by atoms with Gasteiger partial charge in [-0.05, 0) is 19.9 Å². The zero-order chi connectivity index (χ0) is 16.4. The van der Waals surface area contributed by atoms with E-state index in [1.165, 1.54) is 0 Å². The second-order valence-corrected chi connectivity index (χ2v) is 6.83. The Labute approximate surface area is 140 Å². The van der Waals surface area contributed by atoms with Crippen LogP contribution in [0.3, 0.4) is 0 Å². The Kier molecular flexibility index (Phi) is 4.87. The topological polar surface area (TPSA) is 72.2 Å². The number of aliphatic hydroxyl groups is 1. The minimum atomic E-state index is -0.690. The lowest BCUT2D eigenvalue weighted by Gasteiger charge is -2.32. The van der Waals surface area contributed by atoms with Crippen LogP contribution in [0.15, 0.2) is 12.3 Å². The molecule has 2 N–H and O–H groups in total. The SMILES string of the molecule is CC(C)n1ncc2cc(CNCC3(O)CCOCC3)c(Cl)nc21. The summed E-state index contributed by atoms with van der Waals surface area (Å²) in [5.41, 5.74) is 1.03. The van der Waals surface area contributed by atoms with E-state index in [0.717, 1.165) is 16.6 Å². The second kappa shape index (κ2) is 6.73. The van der Waals surface area contributed by atoms with E-state index in [-0.39, 0.29) is 6.04 Å². The van der Waals surface area contributed by atoms with Gasteiger partial charge >= 0.3 is 0 Å². The summed E-state index contributed by atoms with van der Waals surface area (Å²) in [6.45, 7) is 6.44. The fourth-order valence-electron chi connectivity index (χ4n) is 2.86. The lowest BCUT2D eigenvalue weighted by molar-refractivity contribution is -0.0617. The highest BCUT2D eigenvalue weighted by molar-refractivity contribution is 6.30. The molecule has 0 saturated carbocycles. The molecule has 1 aliphatic heterocycles. The average Bonchev–Trinajstić information content (AvgIpc) is 2.91. The van der Waals surface area contributed by atoms with Crippen LogP contribution in [0.5, 0.6) is 0 Å². The predicted octanol–water partition coefficient (Wildman–Crippen LogP) is 2.30. The second-order valence-electron chi connectivity index (χ2n) is 6.47. The van der Waals surface area contributed by atoms with Crippen molar-refractivity contribution in [1.82, 2.24) is 20.1 Å². The molecule has 3 heterocycles. The maximum atomic E-state index is 10.5. The molecule has 0 unspecified atom stereocenters. The molecule has 0 atom stereocenters. The monoisotopic (exact) mass is 338 g/mol. The maximum absolute atomic E-state index is 10.5. The molecular formula is C16H23ClN4O2. The summed E-state index contributed by atoms with van der Waals surface area (Å²) in [4.78, 5) is 4.48. The lowest BCUT2D eigenvalue weighted by atomic mass is 9.94. The summed E-state index contributed by atoms with van der Waals surface area (Å²) < 4.78 is 7.15. The first-order valence-corrected chi connectivity index (χ1v) is 8.40. The minimum absolute atomic E-state index is 0.239. The van der Waals surface area contributed by atoms with E-state index in [1.807, 2.05) is 16.9 Å². The van der Waals surface area contributed by atoms with Gasteiger partial charge in [-0.25, -0.2) is 9.67 Å². The van der Waals surface area contributed by atoms with Crippen molar-refractivity contribution in [1.29, 1.82) is 0 Å². The molecule has 2 aromatic heterocycles. The summed E-state index contributed by atoms with van der Waals surface area (Å²) in [5, 5.41) is 19.6. The van der Waals surface area contributed by atoms with E-state index in [4.69, 9.17) is 16.3 Å². The number of nitrogens with one attached hydrogen (secondary N) is 1. The molecule has 1 aliphatic rings. The third-order valence-electron chi connectivity index (χ3n) is 4.28. The van der Waals surface area contributed by atoms with Crippen molar-refractivity contribution in [3.8, 4) is 0 Å². The van der Waals surface area contributed by atoms with Crippen molar-refractivity contribution in [2.24, 2.45) is 0 Å². The largest absolute Gasteiger partial charge is 0.388 e. The third-order valence-corrected chi connectivity index (χ3v) is 4.60. The van der Waals surface area contributed by atoms with Gasteiger partial charge in [-0.15, -0.1) is 0 Å². The van der Waals surface area contributed by atoms with E-state index in [0.29, 0.717) is 44.3 Å². The molecule has 1 fully saturated rings. The van der Waals surface area contributed by atoms with Gasteiger partial charge in [0, 0.05) is 56.1 Å². The summed E-state index contributed by atoms with van der Waals surface area (Å²) in [7, 11) is 0. The number of halogens is 1. The van der Waals surface area contributed by atoms with Crippen LogP contribution in [0, 0.1) is 0 Å². The van der Waals surface area contributed by atoms with Crippen LogP contribution < -0.4 is 5.32 Å². The van der Waals surface area contributed by atoms with E-state index in [9.17, 15) is 5.11 Å². The van der Waals surface area contributed by atoms with Gasteiger partial charge in [0.05, 0.1) is 11.8 Å². The highest BCUT2D eigenvalue weighted by Gasteiger charge is 2.29. The minimum Gasteiger partial charge on any atom is -0.388 e. The van der Waals surface area contributed by atoms with E-state index in [1.54, 1.807) is 0 Å². The number of pyridine rings is 1. The molecule has 0 bridgehead atoms. The van der Waals surface area contributed by atoms with Gasteiger partial charge < -0.3 is 15.2 Å². The van der Waals surface area contributed by atoms with Crippen LogP contribution in [0.25, 0.3) is 11.0 Å². The first kappa shape index (κ1) is 16.6. The smallest absolute Gasteiger partial charge is 0.159 e. The molecule has 23 heavy (non-hydrogen) atoms. The van der Waals surface area contributed by atoms with Crippen molar-refractivity contribution in [3.05, 3.63) is 23.0 Å². The Morgan fingerprint density at radius 2 is 2.17 bits per heavy atom. The number of fused-ring (bicyclic) bond motifs is 1. The molecule has 0 spiro atoms. The summed E-state index contributed by atoms with van der Waals surface area (Å²) in [6.07, 6.45) is 3.13. The molecule has 126 valence electrons. The highest BCUT2D eigenvalue weighted by atomic mass is 35.5. The fraction of sp³-hybridized carbons (Fsp3) is 0.625. The number of rotatable bonds is 5. The summed E-state index contributed by atoms with van der Waals surface area (Å²) >= 11 is 6.32. The van der Waals surface area contributed by atoms with Gasteiger partial charge in [-0.1, -0.05) is 11.6 Å². The Balaban J connectivity index is 1.69. The van der Waals surface area contributed by atoms with E-state index >= 15 is 0 Å². The molecule has 0 aliphatic carbocycles. The number of aromatic nitrogens is 3. The Bertz CT molecular complexity index is 680. The van der Waals surface area contributed by atoms with Crippen molar-refractivity contribution in [3.63, 3.8) is 0 Å². The van der Waals surface area contributed by atoms with Gasteiger partial charge in [-0.2, -0.15) is 5.10 Å². The molecule has 3 rings (SSSR count). The summed E-state index contributed by atoms with van der Waals surface area (Å²) in [5.74, 6) is 0. The van der Waals surface area contributed by atoms with Crippen LogP contribution in [0.1, 0.15) is 38.3 Å². The normalized spacial score (nSPS) is 18.0. The molecule has 0 aromatic carbocycles. The number of nitrogens with zero attached hydrogens (tertiary/aromatic N) is 3. The third kappa shape index (κ3) is 3.66. The molecule has 7 heteroatoms. The number of ether oxygens (including phenoxy) is 1. The Morgan fingerprint density at radius 3 is 2.87 bits per heavy atom. The Hall–Kier alpha value is -1.21. The first-order valence-electron chi connectivity index (χ1n) is 8.02. The van der Waals surface area contributed by atoms with Crippen molar-refractivity contribution < 1.29 is 9.84 Å². The standard InChI is InChI=1S/C16H23ClN4O2/c1-11(2)21-15-13(9-19-21)7-12(14(17)20-15)8-18-10-16(22)3-5-23-6-4-16/h7,9,11,18,22H,3-6,8,10H2,1-2H3. The van der Waals surface area contributed by atoms with Gasteiger partial charge in [0.15, 0.2) is 5.65 Å². The zero-order valence-corrected chi connectivity index (χ0v) is 14.3. The van der Waals surface area contributed by atoms with Gasteiger partial charge in [0.25, 0.3) is 0 Å².